The average Bonchev–Trinajstić information content (AvgIpc) is 3.47. The molecule has 26 heavy (non-hydrogen) atoms. The van der Waals surface area contributed by atoms with E-state index >= 15 is 0 Å². The molecule has 4 rings (SSSR count). The first-order valence-electron chi connectivity index (χ1n) is 8.98. The maximum Gasteiger partial charge on any atom is 0.226 e. The molecule has 1 amide bonds. The van der Waals surface area contributed by atoms with Crippen LogP contribution in [-0.4, -0.2) is 15.8 Å². The molecule has 0 atom stereocenters. The van der Waals surface area contributed by atoms with E-state index in [1.165, 1.54) is 5.56 Å². The van der Waals surface area contributed by atoms with E-state index in [0.29, 0.717) is 18.2 Å². The van der Waals surface area contributed by atoms with Crippen LogP contribution in [0, 0.1) is 12.8 Å². The Labute approximate surface area is 158 Å². The summed E-state index contributed by atoms with van der Waals surface area (Å²) in [6, 6.07) is 18.3. The van der Waals surface area contributed by atoms with E-state index in [-0.39, 0.29) is 11.8 Å². The lowest BCUT2D eigenvalue weighted by Crippen LogP contribution is -2.31. The first-order valence-corrected chi connectivity index (χ1v) is 9.36. The summed E-state index contributed by atoms with van der Waals surface area (Å²) >= 11 is 6.44. The Balaban J connectivity index is 1.65. The van der Waals surface area contributed by atoms with Gasteiger partial charge < -0.3 is 4.90 Å². The van der Waals surface area contributed by atoms with E-state index in [1.54, 1.807) is 0 Å². The van der Waals surface area contributed by atoms with Crippen molar-refractivity contribution in [2.45, 2.75) is 32.9 Å². The number of aryl methyl sites for hydroxylation is 1. The number of hydrogen-bond acceptors (Lipinski definition) is 2. The van der Waals surface area contributed by atoms with E-state index < -0.39 is 0 Å². The van der Waals surface area contributed by atoms with Crippen molar-refractivity contribution in [3.05, 3.63) is 76.4 Å². The molecule has 1 aliphatic carbocycles. The van der Waals surface area contributed by atoms with Gasteiger partial charge in [0, 0.05) is 30.0 Å². The third kappa shape index (κ3) is 3.73. The normalized spacial score (nSPS) is 13.8. The van der Waals surface area contributed by atoms with Crippen LogP contribution in [-0.2, 0) is 17.9 Å². The Morgan fingerprint density at radius 3 is 2.62 bits per heavy atom. The molecule has 1 aromatic heterocycles. The molecule has 1 saturated carbocycles. The highest BCUT2D eigenvalue weighted by Crippen LogP contribution is 2.33. The third-order valence-corrected chi connectivity index (χ3v) is 5.14. The highest BCUT2D eigenvalue weighted by Gasteiger charge is 2.33. The lowest BCUT2D eigenvalue weighted by atomic mass is 10.1. The molecular formula is C22H21ClN2O. The number of rotatable bonds is 5. The first kappa shape index (κ1) is 17.0. The molecule has 0 saturated heterocycles. The molecule has 0 unspecified atom stereocenters. The molecule has 0 N–H and O–H groups in total. The van der Waals surface area contributed by atoms with Crippen molar-refractivity contribution in [2.24, 2.45) is 5.92 Å². The highest BCUT2D eigenvalue weighted by molar-refractivity contribution is 6.30. The van der Waals surface area contributed by atoms with Crippen molar-refractivity contribution < 1.29 is 4.79 Å². The van der Waals surface area contributed by atoms with Crippen molar-refractivity contribution in [3.63, 3.8) is 0 Å². The number of halogens is 1. The highest BCUT2D eigenvalue weighted by atomic mass is 35.5. The van der Waals surface area contributed by atoms with Crippen molar-refractivity contribution in [3.8, 4) is 0 Å². The Morgan fingerprint density at radius 2 is 1.88 bits per heavy atom. The van der Waals surface area contributed by atoms with E-state index in [2.05, 4.69) is 36.2 Å². The number of fused-ring (bicyclic) bond motifs is 1. The molecule has 1 fully saturated rings. The number of pyridine rings is 1. The Kier molecular flexibility index (Phi) is 4.64. The summed E-state index contributed by atoms with van der Waals surface area (Å²) < 4.78 is 0. The number of aromatic nitrogens is 1. The van der Waals surface area contributed by atoms with Crippen LogP contribution in [0.3, 0.4) is 0 Å². The van der Waals surface area contributed by atoms with Crippen molar-refractivity contribution >= 4 is 28.4 Å². The molecule has 0 spiro atoms. The number of hydrogen-bond donors (Lipinski definition) is 0. The van der Waals surface area contributed by atoms with Gasteiger partial charge in [0.1, 0.15) is 5.15 Å². The van der Waals surface area contributed by atoms with Gasteiger partial charge in [0.05, 0.1) is 5.52 Å². The molecule has 4 heteroatoms. The van der Waals surface area contributed by atoms with Crippen LogP contribution in [0.1, 0.15) is 29.5 Å². The van der Waals surface area contributed by atoms with Crippen LogP contribution in [0.15, 0.2) is 54.6 Å². The Morgan fingerprint density at radius 1 is 1.12 bits per heavy atom. The summed E-state index contributed by atoms with van der Waals surface area (Å²) in [4.78, 5) is 19.2. The zero-order chi connectivity index (χ0) is 18.1. The van der Waals surface area contributed by atoms with Gasteiger partial charge >= 0.3 is 0 Å². The minimum absolute atomic E-state index is 0.174. The van der Waals surface area contributed by atoms with Crippen LogP contribution in [0.2, 0.25) is 5.15 Å². The van der Waals surface area contributed by atoms with E-state index in [0.717, 1.165) is 34.9 Å². The van der Waals surface area contributed by atoms with Gasteiger partial charge in [-0.1, -0.05) is 53.6 Å². The van der Waals surface area contributed by atoms with Crippen LogP contribution in [0.5, 0.6) is 0 Å². The SMILES string of the molecule is Cc1ccc2nc(Cl)c(CN(Cc3ccccc3)C(=O)C3CC3)cc2c1. The van der Waals surface area contributed by atoms with Gasteiger partial charge in [0.2, 0.25) is 5.91 Å². The molecule has 0 aliphatic heterocycles. The molecule has 3 aromatic rings. The van der Waals surface area contributed by atoms with Crippen LogP contribution in [0.25, 0.3) is 10.9 Å². The fourth-order valence-corrected chi connectivity index (χ4v) is 3.44. The van der Waals surface area contributed by atoms with Gasteiger partial charge in [-0.15, -0.1) is 0 Å². The monoisotopic (exact) mass is 364 g/mol. The second kappa shape index (κ2) is 7.08. The second-order valence-corrected chi connectivity index (χ2v) is 7.45. The van der Waals surface area contributed by atoms with Crippen molar-refractivity contribution in [1.29, 1.82) is 0 Å². The molecule has 2 aromatic carbocycles. The molecule has 0 radical (unpaired) electrons. The van der Waals surface area contributed by atoms with Crippen molar-refractivity contribution in [1.82, 2.24) is 9.88 Å². The average molecular weight is 365 g/mol. The largest absolute Gasteiger partial charge is 0.334 e. The minimum atomic E-state index is 0.174. The fourth-order valence-electron chi connectivity index (χ4n) is 3.24. The number of carbonyl (C=O) groups excluding carboxylic acids is 1. The maximum absolute atomic E-state index is 12.8. The topological polar surface area (TPSA) is 33.2 Å². The second-order valence-electron chi connectivity index (χ2n) is 7.09. The Bertz CT molecular complexity index is 951. The van der Waals surface area contributed by atoms with Gasteiger partial charge in [-0.05, 0) is 43.5 Å². The molecule has 132 valence electrons. The molecular weight excluding hydrogens is 344 g/mol. The lowest BCUT2D eigenvalue weighted by Gasteiger charge is -2.23. The van der Waals surface area contributed by atoms with Crippen LogP contribution < -0.4 is 0 Å². The van der Waals surface area contributed by atoms with Gasteiger partial charge in [-0.2, -0.15) is 0 Å². The molecule has 1 heterocycles. The standard InChI is InChI=1S/C22H21ClN2O/c1-15-7-10-20-18(11-15)12-19(21(23)24-20)14-25(22(26)17-8-9-17)13-16-5-3-2-4-6-16/h2-7,10-12,17H,8-9,13-14H2,1H3. The summed E-state index contributed by atoms with van der Waals surface area (Å²) in [6.07, 6.45) is 1.99. The van der Waals surface area contributed by atoms with Gasteiger partial charge in [0.15, 0.2) is 0 Å². The van der Waals surface area contributed by atoms with E-state index in [1.807, 2.05) is 35.2 Å². The smallest absolute Gasteiger partial charge is 0.226 e. The number of nitrogens with zero attached hydrogens (tertiary/aromatic N) is 2. The summed E-state index contributed by atoms with van der Waals surface area (Å²) in [5, 5.41) is 1.53. The van der Waals surface area contributed by atoms with Crippen LogP contribution >= 0.6 is 11.6 Å². The van der Waals surface area contributed by atoms with Gasteiger partial charge in [-0.25, -0.2) is 4.98 Å². The lowest BCUT2D eigenvalue weighted by molar-refractivity contribution is -0.133. The van der Waals surface area contributed by atoms with E-state index in [4.69, 9.17) is 11.6 Å². The predicted octanol–water partition coefficient (Wildman–Crippen LogP) is 5.14. The predicted molar refractivity (Wildman–Crippen MR) is 105 cm³/mol. The molecule has 1 aliphatic rings. The maximum atomic E-state index is 12.8. The van der Waals surface area contributed by atoms with Crippen LogP contribution in [0.4, 0.5) is 0 Å². The van der Waals surface area contributed by atoms with Gasteiger partial charge in [0.25, 0.3) is 0 Å². The summed E-state index contributed by atoms with van der Waals surface area (Å²) in [7, 11) is 0. The number of amides is 1. The zero-order valence-corrected chi connectivity index (χ0v) is 15.5. The number of carbonyl (C=O) groups is 1. The first-order chi connectivity index (χ1) is 12.6. The Hall–Kier alpha value is -2.39. The fraction of sp³-hybridized carbons (Fsp3) is 0.273. The number of benzene rings is 2. The summed E-state index contributed by atoms with van der Waals surface area (Å²) in [6.45, 7) is 3.14. The summed E-state index contributed by atoms with van der Waals surface area (Å²) in [5.74, 6) is 0.391. The third-order valence-electron chi connectivity index (χ3n) is 4.81. The minimum Gasteiger partial charge on any atom is -0.334 e. The van der Waals surface area contributed by atoms with Crippen molar-refractivity contribution in [2.75, 3.05) is 0 Å². The van der Waals surface area contributed by atoms with Gasteiger partial charge in [-0.3, -0.25) is 4.79 Å². The summed E-state index contributed by atoms with van der Waals surface area (Å²) in [5.41, 5.74) is 4.09. The molecule has 3 nitrogen and oxygen atoms in total. The van der Waals surface area contributed by atoms with E-state index in [9.17, 15) is 4.79 Å². The zero-order valence-electron chi connectivity index (χ0n) is 14.8. The molecule has 0 bridgehead atoms. The quantitative estimate of drug-likeness (QED) is 0.587.